The highest BCUT2D eigenvalue weighted by molar-refractivity contribution is 7.89. The molecular weight excluding hydrogens is 341 g/mol. The molecule has 0 aliphatic carbocycles. The number of benzene rings is 1. The van der Waals surface area contributed by atoms with Crippen molar-refractivity contribution in [3.63, 3.8) is 0 Å². The molecule has 24 heavy (non-hydrogen) atoms. The van der Waals surface area contributed by atoms with Gasteiger partial charge in [0.1, 0.15) is 5.82 Å². The second kappa shape index (κ2) is 6.86. The van der Waals surface area contributed by atoms with Gasteiger partial charge in [-0.05, 0) is 23.6 Å². The number of sulfonamides is 1. The molecule has 1 N–H and O–H groups in total. The predicted octanol–water partition coefficient (Wildman–Crippen LogP) is 0.882. The average Bonchev–Trinajstić information content (AvgIpc) is 2.91. The highest BCUT2D eigenvalue weighted by atomic mass is 32.2. The number of esters is 1. The van der Waals surface area contributed by atoms with E-state index in [1.807, 2.05) is 0 Å². The zero-order valence-corrected chi connectivity index (χ0v) is 14.0. The summed E-state index contributed by atoms with van der Waals surface area (Å²) < 4.78 is 44.7. The molecule has 7 nitrogen and oxygen atoms in total. The first kappa shape index (κ1) is 18.3. The number of halogens is 1. The standard InChI is InChI=1S/C15H18FNO6S/c1-9-7-17(8-12(9)15(19)20)24(21,22)11-4-3-10(13(16)6-11)5-14(18)23-2/h3-4,6,9,12H,5,7-8H2,1-2H3,(H,19,20)/t9-,12-/m1/s1. The summed E-state index contributed by atoms with van der Waals surface area (Å²) in [7, 11) is -2.82. The number of nitrogens with zero attached hydrogens (tertiary/aromatic N) is 1. The van der Waals surface area contributed by atoms with Crippen LogP contribution >= 0.6 is 0 Å². The van der Waals surface area contributed by atoms with Gasteiger partial charge in [0.25, 0.3) is 0 Å². The van der Waals surface area contributed by atoms with Crippen LogP contribution < -0.4 is 0 Å². The fraction of sp³-hybridized carbons (Fsp3) is 0.467. The van der Waals surface area contributed by atoms with Gasteiger partial charge < -0.3 is 9.84 Å². The van der Waals surface area contributed by atoms with Gasteiger partial charge in [-0.15, -0.1) is 0 Å². The summed E-state index contributed by atoms with van der Waals surface area (Å²) in [5.74, 6) is -3.64. The van der Waals surface area contributed by atoms with Crippen LogP contribution in [0.1, 0.15) is 12.5 Å². The lowest BCUT2D eigenvalue weighted by molar-refractivity contribution is -0.142. The minimum atomic E-state index is -4.00. The van der Waals surface area contributed by atoms with Crippen molar-refractivity contribution < 1.29 is 32.2 Å². The molecule has 1 heterocycles. The van der Waals surface area contributed by atoms with E-state index in [4.69, 9.17) is 5.11 Å². The van der Waals surface area contributed by atoms with Crippen molar-refractivity contribution in [3.8, 4) is 0 Å². The number of ether oxygens (including phenoxy) is 1. The lowest BCUT2D eigenvalue weighted by Gasteiger charge is -2.16. The Morgan fingerprint density at radius 2 is 2.04 bits per heavy atom. The van der Waals surface area contributed by atoms with Crippen LogP contribution in [0.3, 0.4) is 0 Å². The molecule has 1 aliphatic rings. The van der Waals surface area contributed by atoms with E-state index >= 15 is 0 Å². The molecule has 9 heteroatoms. The third-order valence-electron chi connectivity index (χ3n) is 4.12. The molecule has 132 valence electrons. The molecule has 2 atom stereocenters. The fourth-order valence-corrected chi connectivity index (χ4v) is 4.23. The maximum Gasteiger partial charge on any atom is 0.310 e. The van der Waals surface area contributed by atoms with Gasteiger partial charge in [-0.2, -0.15) is 4.31 Å². The van der Waals surface area contributed by atoms with Gasteiger partial charge in [0.05, 0.1) is 24.3 Å². The first-order chi connectivity index (χ1) is 11.2. The monoisotopic (exact) mass is 359 g/mol. The molecule has 0 spiro atoms. The Morgan fingerprint density at radius 1 is 1.38 bits per heavy atom. The van der Waals surface area contributed by atoms with Crippen molar-refractivity contribution >= 4 is 22.0 Å². The number of carboxylic acid groups (broad SMARTS) is 1. The van der Waals surface area contributed by atoms with Gasteiger partial charge in [-0.3, -0.25) is 9.59 Å². The summed E-state index contributed by atoms with van der Waals surface area (Å²) in [6, 6.07) is 3.26. The van der Waals surface area contributed by atoms with E-state index in [1.165, 1.54) is 19.2 Å². The van der Waals surface area contributed by atoms with E-state index in [0.29, 0.717) is 0 Å². The van der Waals surface area contributed by atoms with Gasteiger partial charge in [0.2, 0.25) is 10.0 Å². The van der Waals surface area contributed by atoms with Crippen molar-refractivity contribution in [1.82, 2.24) is 4.31 Å². The Kier molecular flexibility index (Phi) is 5.24. The minimum Gasteiger partial charge on any atom is -0.481 e. The number of hydrogen-bond donors (Lipinski definition) is 1. The lowest BCUT2D eigenvalue weighted by atomic mass is 9.99. The van der Waals surface area contributed by atoms with Crippen LogP contribution in [0.25, 0.3) is 0 Å². The molecule has 0 aromatic heterocycles. The van der Waals surface area contributed by atoms with Crippen LogP contribution in [0.4, 0.5) is 4.39 Å². The van der Waals surface area contributed by atoms with Crippen LogP contribution in [0.5, 0.6) is 0 Å². The maximum absolute atomic E-state index is 14.1. The van der Waals surface area contributed by atoms with E-state index in [2.05, 4.69) is 4.74 Å². The quantitative estimate of drug-likeness (QED) is 0.784. The van der Waals surface area contributed by atoms with Crippen molar-refractivity contribution in [2.24, 2.45) is 11.8 Å². The number of carbonyl (C=O) groups excluding carboxylic acids is 1. The van der Waals surface area contributed by atoms with Crippen molar-refractivity contribution in [1.29, 1.82) is 0 Å². The van der Waals surface area contributed by atoms with E-state index in [-0.39, 0.29) is 35.9 Å². The second-order valence-electron chi connectivity index (χ2n) is 5.75. The molecule has 1 saturated heterocycles. The van der Waals surface area contributed by atoms with E-state index < -0.39 is 33.7 Å². The van der Waals surface area contributed by atoms with Gasteiger partial charge in [-0.25, -0.2) is 12.8 Å². The third-order valence-corrected chi connectivity index (χ3v) is 5.95. The van der Waals surface area contributed by atoms with Crippen LogP contribution in [0, 0.1) is 17.7 Å². The smallest absolute Gasteiger partial charge is 0.310 e. The van der Waals surface area contributed by atoms with Crippen LogP contribution in [0.2, 0.25) is 0 Å². The summed E-state index contributed by atoms with van der Waals surface area (Å²) in [4.78, 5) is 22.0. The average molecular weight is 359 g/mol. The SMILES string of the molecule is COC(=O)Cc1ccc(S(=O)(=O)N2C[C@@H](C)[C@H](C(=O)O)C2)cc1F. The first-order valence-corrected chi connectivity index (χ1v) is 8.69. The molecular formula is C15H18FNO6S. The Labute approximate surface area is 139 Å². The molecule has 1 aliphatic heterocycles. The summed E-state index contributed by atoms with van der Waals surface area (Å²) in [5, 5.41) is 9.10. The number of rotatable bonds is 5. The number of methoxy groups -OCH3 is 1. The molecule has 0 unspecified atom stereocenters. The molecule has 0 saturated carbocycles. The second-order valence-corrected chi connectivity index (χ2v) is 7.69. The van der Waals surface area contributed by atoms with Gasteiger partial charge in [-0.1, -0.05) is 13.0 Å². The summed E-state index contributed by atoms with van der Waals surface area (Å²) in [5.41, 5.74) is 0.0269. The molecule has 0 radical (unpaired) electrons. The Hall–Kier alpha value is -2.00. The first-order valence-electron chi connectivity index (χ1n) is 7.25. The number of hydrogen-bond acceptors (Lipinski definition) is 5. The zero-order valence-electron chi connectivity index (χ0n) is 13.2. The molecule has 0 amide bonds. The molecule has 1 aromatic carbocycles. The minimum absolute atomic E-state index is 0.0269. The Bertz CT molecular complexity index is 763. The highest BCUT2D eigenvalue weighted by Crippen LogP contribution is 2.29. The highest BCUT2D eigenvalue weighted by Gasteiger charge is 2.40. The topological polar surface area (TPSA) is 101 Å². The van der Waals surface area contributed by atoms with Crippen molar-refractivity contribution in [2.75, 3.05) is 20.2 Å². The summed E-state index contributed by atoms with van der Waals surface area (Å²) in [6.07, 6.45) is -0.301. The zero-order chi connectivity index (χ0) is 18.1. The molecule has 2 rings (SSSR count). The number of aliphatic carboxylic acids is 1. The molecule has 0 bridgehead atoms. The van der Waals surface area contributed by atoms with Gasteiger partial charge in [0.15, 0.2) is 0 Å². The van der Waals surface area contributed by atoms with E-state index in [0.717, 1.165) is 10.4 Å². The van der Waals surface area contributed by atoms with Crippen LogP contribution in [-0.4, -0.2) is 50.0 Å². The van der Waals surface area contributed by atoms with E-state index in [9.17, 15) is 22.4 Å². The van der Waals surface area contributed by atoms with Crippen molar-refractivity contribution in [3.05, 3.63) is 29.6 Å². The van der Waals surface area contributed by atoms with Gasteiger partial charge in [0, 0.05) is 13.1 Å². The summed E-state index contributed by atoms with van der Waals surface area (Å²) >= 11 is 0. The maximum atomic E-state index is 14.1. The Morgan fingerprint density at radius 3 is 2.54 bits per heavy atom. The predicted molar refractivity (Wildman–Crippen MR) is 81.2 cm³/mol. The Balaban J connectivity index is 2.26. The number of carboxylic acids is 1. The molecule has 1 aromatic rings. The summed E-state index contributed by atoms with van der Waals surface area (Å²) in [6.45, 7) is 1.57. The third kappa shape index (κ3) is 3.57. The largest absolute Gasteiger partial charge is 0.481 e. The fourth-order valence-electron chi connectivity index (χ4n) is 2.65. The van der Waals surface area contributed by atoms with Crippen LogP contribution in [-0.2, 0) is 30.8 Å². The number of carbonyl (C=O) groups is 2. The lowest BCUT2D eigenvalue weighted by Crippen LogP contribution is -2.30. The van der Waals surface area contributed by atoms with E-state index in [1.54, 1.807) is 6.92 Å². The van der Waals surface area contributed by atoms with Gasteiger partial charge >= 0.3 is 11.9 Å². The molecule has 1 fully saturated rings. The van der Waals surface area contributed by atoms with Crippen molar-refractivity contribution in [2.45, 2.75) is 18.2 Å². The normalized spacial score (nSPS) is 21.6. The van der Waals surface area contributed by atoms with Crippen LogP contribution in [0.15, 0.2) is 23.1 Å².